The van der Waals surface area contributed by atoms with Gasteiger partial charge in [0.1, 0.15) is 11.6 Å². The lowest BCUT2D eigenvalue weighted by molar-refractivity contribution is 0.199. The Kier molecular flexibility index (Phi) is 6.12. The van der Waals surface area contributed by atoms with Gasteiger partial charge in [0.2, 0.25) is 0 Å². The fourth-order valence-electron chi connectivity index (χ4n) is 3.42. The minimum absolute atomic E-state index is 0.00865. The van der Waals surface area contributed by atoms with Crippen LogP contribution in [0.15, 0.2) is 18.2 Å². The zero-order valence-electron chi connectivity index (χ0n) is 13.0. The van der Waals surface area contributed by atoms with Crippen LogP contribution in [0.4, 0.5) is 8.78 Å². The maximum atomic E-state index is 13.4. The Morgan fingerprint density at radius 3 is 2.33 bits per heavy atom. The molecule has 2 nitrogen and oxygen atoms in total. The van der Waals surface area contributed by atoms with Crippen LogP contribution in [0.5, 0.6) is 0 Å². The molecule has 118 valence electrons. The summed E-state index contributed by atoms with van der Waals surface area (Å²) in [5.74, 6) is -1.01. The van der Waals surface area contributed by atoms with Crippen LogP contribution >= 0.6 is 0 Å². The molecule has 1 aliphatic rings. The number of rotatable bonds is 7. The molecular formula is C17H26F2N2. The lowest BCUT2D eigenvalue weighted by Crippen LogP contribution is -2.35. The molecule has 0 radical (unpaired) electrons. The predicted octanol–water partition coefficient (Wildman–Crippen LogP) is 3.88. The predicted molar refractivity (Wildman–Crippen MR) is 82.3 cm³/mol. The van der Waals surface area contributed by atoms with Gasteiger partial charge in [-0.1, -0.05) is 19.8 Å². The standard InChI is InChI=1S/C17H26F2N2/c1-3-21(16-6-4-5-7-16)9-8-17(20-2)13-10-14(18)12-15(19)11-13/h10-12,16-17,20H,3-9H2,1-2H3. The smallest absolute Gasteiger partial charge is 0.126 e. The third-order valence-electron chi connectivity index (χ3n) is 4.59. The second kappa shape index (κ2) is 7.85. The lowest BCUT2D eigenvalue weighted by Gasteiger charge is -2.29. The molecule has 0 amide bonds. The molecule has 0 bridgehead atoms. The number of benzene rings is 1. The number of nitrogens with one attached hydrogen (secondary N) is 1. The fraction of sp³-hybridized carbons (Fsp3) is 0.647. The summed E-state index contributed by atoms with van der Waals surface area (Å²) in [6.45, 7) is 4.19. The van der Waals surface area contributed by atoms with E-state index < -0.39 is 11.6 Å². The third kappa shape index (κ3) is 4.48. The Morgan fingerprint density at radius 2 is 1.81 bits per heavy atom. The van der Waals surface area contributed by atoms with Crippen LogP contribution in [0.3, 0.4) is 0 Å². The van der Waals surface area contributed by atoms with Gasteiger partial charge in [0.15, 0.2) is 0 Å². The highest BCUT2D eigenvalue weighted by molar-refractivity contribution is 5.21. The van der Waals surface area contributed by atoms with Gasteiger partial charge in [0, 0.05) is 24.7 Å². The van der Waals surface area contributed by atoms with Crippen LogP contribution < -0.4 is 5.32 Å². The van der Waals surface area contributed by atoms with Crippen molar-refractivity contribution < 1.29 is 8.78 Å². The molecule has 0 spiro atoms. The lowest BCUT2D eigenvalue weighted by atomic mass is 10.0. The molecule has 1 atom stereocenters. The highest BCUT2D eigenvalue weighted by atomic mass is 19.1. The van der Waals surface area contributed by atoms with Gasteiger partial charge in [0.05, 0.1) is 0 Å². The molecule has 0 aromatic heterocycles. The van der Waals surface area contributed by atoms with E-state index in [9.17, 15) is 8.78 Å². The minimum atomic E-state index is -0.506. The molecule has 4 heteroatoms. The number of halogens is 2. The molecule has 1 aliphatic carbocycles. The average molecular weight is 296 g/mol. The van der Waals surface area contributed by atoms with Crippen molar-refractivity contribution in [1.29, 1.82) is 0 Å². The second-order valence-electron chi connectivity index (χ2n) is 5.90. The first-order valence-electron chi connectivity index (χ1n) is 8.01. The SMILES string of the molecule is CCN(CCC(NC)c1cc(F)cc(F)c1)C1CCCC1. The van der Waals surface area contributed by atoms with Crippen molar-refractivity contribution in [2.75, 3.05) is 20.1 Å². The Balaban J connectivity index is 1.97. The Morgan fingerprint density at radius 1 is 1.19 bits per heavy atom. The van der Waals surface area contributed by atoms with Crippen LogP contribution in [0.25, 0.3) is 0 Å². The molecule has 2 rings (SSSR count). The van der Waals surface area contributed by atoms with Crippen molar-refractivity contribution in [2.24, 2.45) is 0 Å². The Bertz CT molecular complexity index is 424. The van der Waals surface area contributed by atoms with E-state index in [-0.39, 0.29) is 6.04 Å². The monoisotopic (exact) mass is 296 g/mol. The number of nitrogens with zero attached hydrogens (tertiary/aromatic N) is 1. The molecule has 1 saturated carbocycles. The van der Waals surface area contributed by atoms with E-state index in [1.807, 2.05) is 7.05 Å². The van der Waals surface area contributed by atoms with Crippen LogP contribution in [-0.4, -0.2) is 31.1 Å². The summed E-state index contributed by atoms with van der Waals surface area (Å²) in [7, 11) is 1.85. The summed E-state index contributed by atoms with van der Waals surface area (Å²) < 4.78 is 26.7. The maximum absolute atomic E-state index is 13.4. The van der Waals surface area contributed by atoms with Crippen LogP contribution in [-0.2, 0) is 0 Å². The highest BCUT2D eigenvalue weighted by Crippen LogP contribution is 2.25. The quantitative estimate of drug-likeness (QED) is 0.821. The molecule has 21 heavy (non-hydrogen) atoms. The van der Waals surface area contributed by atoms with E-state index in [1.165, 1.54) is 37.8 Å². The summed E-state index contributed by atoms with van der Waals surface area (Å²) in [6.07, 6.45) is 6.08. The van der Waals surface area contributed by atoms with E-state index in [4.69, 9.17) is 0 Å². The maximum Gasteiger partial charge on any atom is 0.126 e. The Hall–Kier alpha value is -1.00. The molecule has 1 aromatic rings. The van der Waals surface area contributed by atoms with Gasteiger partial charge in [-0.15, -0.1) is 0 Å². The van der Waals surface area contributed by atoms with E-state index in [0.29, 0.717) is 11.6 Å². The number of hydrogen-bond acceptors (Lipinski definition) is 2. The average Bonchev–Trinajstić information content (AvgIpc) is 2.96. The van der Waals surface area contributed by atoms with Crippen molar-refractivity contribution in [3.63, 3.8) is 0 Å². The molecule has 0 saturated heterocycles. The van der Waals surface area contributed by atoms with Crippen LogP contribution in [0, 0.1) is 11.6 Å². The third-order valence-corrected chi connectivity index (χ3v) is 4.59. The highest BCUT2D eigenvalue weighted by Gasteiger charge is 2.22. The normalized spacial score (nSPS) is 17.6. The van der Waals surface area contributed by atoms with Crippen LogP contribution in [0.1, 0.15) is 50.6 Å². The van der Waals surface area contributed by atoms with Crippen LogP contribution in [0.2, 0.25) is 0 Å². The van der Waals surface area contributed by atoms with E-state index in [2.05, 4.69) is 17.1 Å². The molecule has 1 unspecified atom stereocenters. The van der Waals surface area contributed by atoms with Crippen molar-refractivity contribution in [1.82, 2.24) is 10.2 Å². The summed E-state index contributed by atoms with van der Waals surface area (Å²) >= 11 is 0. The largest absolute Gasteiger partial charge is 0.313 e. The van der Waals surface area contributed by atoms with Gasteiger partial charge >= 0.3 is 0 Å². The van der Waals surface area contributed by atoms with Crippen molar-refractivity contribution in [3.8, 4) is 0 Å². The van der Waals surface area contributed by atoms with Crippen molar-refractivity contribution >= 4 is 0 Å². The van der Waals surface area contributed by atoms with Gasteiger partial charge in [-0.25, -0.2) is 8.78 Å². The molecular weight excluding hydrogens is 270 g/mol. The van der Waals surface area contributed by atoms with Gasteiger partial charge in [-0.2, -0.15) is 0 Å². The number of hydrogen-bond donors (Lipinski definition) is 1. The molecule has 0 aliphatic heterocycles. The molecule has 0 heterocycles. The molecule has 1 fully saturated rings. The van der Waals surface area contributed by atoms with Gasteiger partial charge in [-0.3, -0.25) is 0 Å². The van der Waals surface area contributed by atoms with E-state index >= 15 is 0 Å². The first-order chi connectivity index (χ1) is 10.1. The summed E-state index contributed by atoms with van der Waals surface area (Å²) in [4.78, 5) is 2.51. The summed E-state index contributed by atoms with van der Waals surface area (Å²) in [5, 5.41) is 3.18. The summed E-state index contributed by atoms with van der Waals surface area (Å²) in [5.41, 5.74) is 0.692. The first-order valence-corrected chi connectivity index (χ1v) is 8.01. The van der Waals surface area contributed by atoms with E-state index in [1.54, 1.807) is 0 Å². The first kappa shape index (κ1) is 16.4. The van der Waals surface area contributed by atoms with Crippen molar-refractivity contribution in [2.45, 2.75) is 51.1 Å². The zero-order valence-corrected chi connectivity index (χ0v) is 13.0. The van der Waals surface area contributed by atoms with E-state index in [0.717, 1.165) is 25.6 Å². The summed E-state index contributed by atoms with van der Waals surface area (Å²) in [6, 6.07) is 4.46. The van der Waals surface area contributed by atoms with Gasteiger partial charge in [-0.05, 0) is 50.6 Å². The topological polar surface area (TPSA) is 15.3 Å². The van der Waals surface area contributed by atoms with Gasteiger partial charge < -0.3 is 10.2 Å². The molecule has 1 N–H and O–H groups in total. The zero-order chi connectivity index (χ0) is 15.2. The minimum Gasteiger partial charge on any atom is -0.313 e. The second-order valence-corrected chi connectivity index (χ2v) is 5.90. The Labute approximate surface area is 126 Å². The van der Waals surface area contributed by atoms with Gasteiger partial charge in [0.25, 0.3) is 0 Å². The fourth-order valence-corrected chi connectivity index (χ4v) is 3.42. The molecule has 1 aromatic carbocycles. The van der Waals surface area contributed by atoms with Crippen molar-refractivity contribution in [3.05, 3.63) is 35.4 Å².